The molecule has 2 aliphatic heterocycles. The number of nitrogens with zero attached hydrogens (tertiary/aromatic N) is 2. The van der Waals surface area contributed by atoms with Crippen molar-refractivity contribution in [3.8, 4) is 0 Å². The molecule has 0 radical (unpaired) electrons. The van der Waals surface area contributed by atoms with Gasteiger partial charge in [0.25, 0.3) is 23.6 Å². The first kappa shape index (κ1) is 20.0. The zero-order valence-corrected chi connectivity index (χ0v) is 16.9. The summed E-state index contributed by atoms with van der Waals surface area (Å²) in [7, 11) is -2.86. The van der Waals surface area contributed by atoms with Crippen molar-refractivity contribution in [2.75, 3.05) is 0 Å². The molecule has 2 unspecified atom stereocenters. The Morgan fingerprint density at radius 2 is 0.900 bits per heavy atom. The fourth-order valence-corrected chi connectivity index (χ4v) is 4.18. The molecule has 2 heterocycles. The first-order chi connectivity index (χ1) is 14.3. The van der Waals surface area contributed by atoms with Crippen LogP contribution in [0, 0.1) is 0 Å². The van der Waals surface area contributed by atoms with Gasteiger partial charge in [0.2, 0.25) is 0 Å². The summed E-state index contributed by atoms with van der Waals surface area (Å²) >= 11 is 0. The Balaban J connectivity index is 1.42. The van der Waals surface area contributed by atoms with Crippen molar-refractivity contribution in [1.82, 2.24) is 9.80 Å². The molecule has 9 nitrogen and oxygen atoms in total. The fourth-order valence-electron chi connectivity index (χ4n) is 3.44. The minimum atomic E-state index is -2.86. The first-order valence-electron chi connectivity index (χ1n) is 9.06. The van der Waals surface area contributed by atoms with Gasteiger partial charge in [-0.05, 0) is 38.1 Å². The van der Waals surface area contributed by atoms with Crippen molar-refractivity contribution < 1.29 is 32.8 Å². The third-order valence-electron chi connectivity index (χ3n) is 4.86. The van der Waals surface area contributed by atoms with Crippen molar-refractivity contribution in [3.63, 3.8) is 0 Å². The lowest BCUT2D eigenvalue weighted by atomic mass is 10.1. The van der Waals surface area contributed by atoms with Crippen molar-refractivity contribution in [2.45, 2.75) is 26.3 Å². The first-order valence-corrected chi connectivity index (χ1v) is 10.2. The molecular weight excluding hydrogens is 411 g/mol. The Bertz CT molecular complexity index is 960. The highest BCUT2D eigenvalue weighted by atomic mass is 31.1. The molecule has 2 aromatic carbocycles. The molecule has 0 aliphatic carbocycles. The molecule has 2 aromatic rings. The highest BCUT2D eigenvalue weighted by Gasteiger charge is 2.45. The van der Waals surface area contributed by atoms with E-state index in [2.05, 4.69) is 0 Å². The largest absolute Gasteiger partial charge is 0.701 e. The smallest absolute Gasteiger partial charge is 0.268 e. The van der Waals surface area contributed by atoms with Gasteiger partial charge >= 0.3 is 8.25 Å². The molecule has 0 saturated heterocycles. The minimum Gasteiger partial charge on any atom is -0.268 e. The lowest BCUT2D eigenvalue weighted by Gasteiger charge is -2.19. The van der Waals surface area contributed by atoms with Crippen molar-refractivity contribution >= 4 is 31.9 Å². The van der Waals surface area contributed by atoms with Crippen molar-refractivity contribution in [1.29, 1.82) is 0 Å². The molecule has 0 fully saturated rings. The van der Waals surface area contributed by atoms with Crippen LogP contribution in [0.25, 0.3) is 0 Å². The highest BCUT2D eigenvalue weighted by molar-refractivity contribution is 7.33. The van der Waals surface area contributed by atoms with E-state index in [0.29, 0.717) is 0 Å². The van der Waals surface area contributed by atoms with Gasteiger partial charge in [-0.25, -0.2) is 9.80 Å². The summed E-state index contributed by atoms with van der Waals surface area (Å²) in [6.45, 7) is 2.76. The second kappa shape index (κ2) is 7.53. The van der Waals surface area contributed by atoms with Gasteiger partial charge in [-0.2, -0.15) is 0 Å². The number of hydrogen-bond acceptors (Lipinski definition) is 7. The van der Waals surface area contributed by atoms with E-state index < -0.39 is 44.3 Å². The van der Waals surface area contributed by atoms with Gasteiger partial charge < -0.3 is 0 Å². The van der Waals surface area contributed by atoms with Gasteiger partial charge in [-0.15, -0.1) is 0 Å². The Kier molecular flexibility index (Phi) is 5.03. The van der Waals surface area contributed by atoms with Crippen LogP contribution in [0.2, 0.25) is 0 Å². The van der Waals surface area contributed by atoms with Crippen LogP contribution >= 0.6 is 8.25 Å². The number of benzene rings is 2. The van der Waals surface area contributed by atoms with E-state index >= 15 is 0 Å². The third kappa shape index (κ3) is 3.13. The van der Waals surface area contributed by atoms with Gasteiger partial charge in [0.15, 0.2) is 12.5 Å². The van der Waals surface area contributed by atoms with Crippen molar-refractivity contribution in [2.24, 2.45) is 0 Å². The normalized spacial score (nSPS) is 17.9. The van der Waals surface area contributed by atoms with E-state index in [1.165, 1.54) is 38.1 Å². The van der Waals surface area contributed by atoms with Gasteiger partial charge in [0.05, 0.1) is 22.3 Å². The molecule has 0 bridgehead atoms. The zero-order valence-electron chi connectivity index (χ0n) is 16.0. The van der Waals surface area contributed by atoms with Crippen LogP contribution in [0.3, 0.4) is 0 Å². The Hall–Kier alpha value is -3.26. The number of hydrogen-bond donors (Lipinski definition) is 0. The molecule has 0 spiro atoms. The molecule has 0 saturated carbocycles. The lowest BCUT2D eigenvalue weighted by molar-refractivity contribution is 0.0114. The van der Waals surface area contributed by atoms with Crippen LogP contribution in [0.4, 0.5) is 0 Å². The summed E-state index contributed by atoms with van der Waals surface area (Å²) < 4.78 is 22.8. The number of carbonyl (C=O) groups is 4. The summed E-state index contributed by atoms with van der Waals surface area (Å²) in [4.78, 5) is 51.5. The van der Waals surface area contributed by atoms with Crippen LogP contribution in [0.1, 0.15) is 55.3 Å². The van der Waals surface area contributed by atoms with Crippen LogP contribution in [-0.2, 0) is 13.6 Å². The van der Waals surface area contributed by atoms with Gasteiger partial charge in [-0.3, -0.25) is 19.2 Å². The maximum absolute atomic E-state index is 12.5. The van der Waals surface area contributed by atoms with Gasteiger partial charge in [-0.1, -0.05) is 33.3 Å². The fraction of sp³-hybridized carbons (Fsp3) is 0.200. The van der Waals surface area contributed by atoms with E-state index in [1.807, 2.05) is 0 Å². The molecule has 0 aromatic heterocycles. The average molecular weight is 427 g/mol. The standard InChI is InChI=1S/C20H16N2O7P/c1-11(21-17(23)13-7-3-4-8-14(13)18(21)24)28-30(27)29-12(2)22-19(25)15-9-5-6-10-16(15)20(22)26/h3-12H,1-2H3/q+1. The number of carbonyl (C=O) groups excluding carboxylic acids is 4. The number of fused-ring (bicyclic) bond motifs is 2. The Labute approximate surface area is 172 Å². The predicted octanol–water partition coefficient (Wildman–Crippen LogP) is 2.96. The summed E-state index contributed by atoms with van der Waals surface area (Å²) in [6, 6.07) is 12.6. The summed E-state index contributed by atoms with van der Waals surface area (Å²) in [5.41, 5.74) is 0.920. The van der Waals surface area contributed by atoms with E-state index in [-0.39, 0.29) is 22.3 Å². The lowest BCUT2D eigenvalue weighted by Crippen LogP contribution is -2.40. The summed E-state index contributed by atoms with van der Waals surface area (Å²) in [6.07, 6.45) is -2.37. The number of amides is 4. The maximum atomic E-state index is 12.5. The van der Waals surface area contributed by atoms with Crippen LogP contribution in [-0.4, -0.2) is 45.9 Å². The average Bonchev–Trinajstić information content (AvgIpc) is 3.13. The molecule has 4 rings (SSSR count). The number of imide groups is 2. The third-order valence-corrected chi connectivity index (χ3v) is 5.81. The van der Waals surface area contributed by atoms with E-state index in [1.54, 1.807) is 24.3 Å². The van der Waals surface area contributed by atoms with Crippen LogP contribution in [0.15, 0.2) is 48.5 Å². The molecule has 2 atom stereocenters. The Morgan fingerprint density at radius 1 is 0.633 bits per heavy atom. The van der Waals surface area contributed by atoms with Crippen LogP contribution < -0.4 is 0 Å². The second-order valence-electron chi connectivity index (χ2n) is 6.68. The monoisotopic (exact) mass is 427 g/mol. The Morgan fingerprint density at radius 3 is 1.17 bits per heavy atom. The summed E-state index contributed by atoms with van der Waals surface area (Å²) in [5, 5.41) is 0. The molecule has 30 heavy (non-hydrogen) atoms. The van der Waals surface area contributed by atoms with E-state index in [4.69, 9.17) is 9.05 Å². The molecule has 4 amide bonds. The number of rotatable bonds is 6. The van der Waals surface area contributed by atoms with E-state index in [9.17, 15) is 23.7 Å². The van der Waals surface area contributed by atoms with Gasteiger partial charge in [0.1, 0.15) is 0 Å². The van der Waals surface area contributed by atoms with Gasteiger partial charge in [0, 0.05) is 4.57 Å². The highest BCUT2D eigenvalue weighted by Crippen LogP contribution is 2.35. The molecule has 152 valence electrons. The quantitative estimate of drug-likeness (QED) is 0.515. The molecule has 2 aliphatic rings. The van der Waals surface area contributed by atoms with Crippen molar-refractivity contribution in [3.05, 3.63) is 70.8 Å². The SMILES string of the molecule is CC(O[P+](=O)OC(C)N1C(=O)c2ccccc2C1=O)N1C(=O)c2ccccc2C1=O. The maximum Gasteiger partial charge on any atom is 0.701 e. The molecular formula is C20H16N2O7P+. The molecule has 10 heteroatoms. The predicted molar refractivity (Wildman–Crippen MR) is 103 cm³/mol. The zero-order chi connectivity index (χ0) is 21.6. The minimum absolute atomic E-state index is 0.230. The summed E-state index contributed by atoms with van der Waals surface area (Å²) in [5.74, 6) is -2.28. The van der Waals surface area contributed by atoms with Crippen LogP contribution in [0.5, 0.6) is 0 Å². The topological polar surface area (TPSA) is 110 Å². The molecule has 0 N–H and O–H groups in total. The van der Waals surface area contributed by atoms with E-state index in [0.717, 1.165) is 9.80 Å². The second-order valence-corrected chi connectivity index (χ2v) is 7.55.